The van der Waals surface area contributed by atoms with Gasteiger partial charge in [-0.05, 0) is 128 Å². The third-order valence-electron chi connectivity index (χ3n) is 22.2. The van der Waals surface area contributed by atoms with Crippen LogP contribution in [0.15, 0.2) is 12.2 Å². The number of ether oxygens (including phenoxy) is 7. The largest absolute Gasteiger partial charge is 0.432 e. The Hall–Kier alpha value is -1.59. The second-order valence-corrected chi connectivity index (χ2v) is 26.5. The molecule has 31 atom stereocenters. The van der Waals surface area contributed by atoms with Crippen molar-refractivity contribution in [1.82, 2.24) is 0 Å². The van der Waals surface area contributed by atoms with Crippen molar-refractivity contribution in [3.05, 3.63) is 12.2 Å². The topological polar surface area (TPSA) is 365 Å². The summed E-state index contributed by atoms with van der Waals surface area (Å²) in [5.74, 6) is -1.86. The van der Waals surface area contributed by atoms with E-state index in [1.54, 1.807) is 6.92 Å². The Balaban J connectivity index is 0.892. The van der Waals surface area contributed by atoms with Gasteiger partial charge in [-0.1, -0.05) is 53.7 Å². The summed E-state index contributed by atoms with van der Waals surface area (Å²) in [6, 6.07) is 0. The van der Waals surface area contributed by atoms with E-state index >= 15 is 4.79 Å². The van der Waals surface area contributed by atoms with Crippen LogP contribution in [0.3, 0.4) is 0 Å². The van der Waals surface area contributed by atoms with Crippen LogP contribution in [0.2, 0.25) is 0 Å². The molecular formula is C55H90O22. The van der Waals surface area contributed by atoms with Crippen LogP contribution >= 0.6 is 0 Å². The van der Waals surface area contributed by atoms with Crippen molar-refractivity contribution >= 4 is 5.97 Å². The SMILES string of the molecule is C=C(C)[C@@H]1CC[C@]2(C(=O)O[C@@H]3O[C@H](CO[C@@H]4O[C@H](CO)[C@@H](O[C@@H]5C[C@@H](C)[C@H](O)[C@@H](O)[C@H]5O)[C@H](O)[C@H]4O)[C@@H](O)[C@H](O)[C@H]3O)CC[C@]3(C)[C@H](C[C@@H](O)[C@@H]4[C@@]5(C)CC[C@@H](O[C@@H]6O[C@H](CO)[C@@H](O)[C@H](O)[C@H]6O)C(C)(C)[C@@H]5CC[C@]43C)[C@@H]12. The summed E-state index contributed by atoms with van der Waals surface area (Å²) in [6.07, 6.45) is -25.1. The number of fused-ring (bicyclic) bond motifs is 7. The van der Waals surface area contributed by atoms with E-state index in [4.69, 9.17) is 33.2 Å². The number of carbonyl (C=O) groups is 1. The lowest BCUT2D eigenvalue weighted by Crippen LogP contribution is -2.70. The van der Waals surface area contributed by atoms with Crippen molar-refractivity contribution in [2.24, 2.45) is 62.6 Å². The van der Waals surface area contributed by atoms with Gasteiger partial charge in [-0.15, -0.1) is 0 Å². The van der Waals surface area contributed by atoms with E-state index < -0.39 is 177 Å². The fraction of sp³-hybridized carbons (Fsp3) is 0.945. The Bertz CT molecular complexity index is 2100. The zero-order chi connectivity index (χ0) is 56.4. The van der Waals surface area contributed by atoms with Crippen LogP contribution in [0.4, 0.5) is 0 Å². The highest BCUT2D eigenvalue weighted by Crippen LogP contribution is 2.78. The minimum atomic E-state index is -1.89. The van der Waals surface area contributed by atoms with Gasteiger partial charge >= 0.3 is 5.97 Å². The van der Waals surface area contributed by atoms with Gasteiger partial charge in [-0.25, -0.2) is 0 Å². The predicted octanol–water partition coefficient (Wildman–Crippen LogP) is -1.52. The summed E-state index contributed by atoms with van der Waals surface area (Å²) < 4.78 is 42.0. The first-order valence-corrected chi connectivity index (χ1v) is 28.2. The molecule has 0 amide bonds. The average molecular weight is 1100 g/mol. The number of allylic oxidation sites excluding steroid dienone is 1. The van der Waals surface area contributed by atoms with Crippen LogP contribution in [-0.4, -0.2) is 226 Å². The van der Waals surface area contributed by atoms with E-state index in [0.29, 0.717) is 44.9 Å². The van der Waals surface area contributed by atoms with Crippen LogP contribution in [-0.2, 0) is 38.0 Å². The van der Waals surface area contributed by atoms with Gasteiger partial charge in [0.2, 0.25) is 6.29 Å². The number of hydrogen-bond acceptors (Lipinski definition) is 22. The van der Waals surface area contributed by atoms with Gasteiger partial charge in [0.15, 0.2) is 12.6 Å². The fourth-order valence-electron chi connectivity index (χ4n) is 17.8. The van der Waals surface area contributed by atoms with E-state index in [-0.39, 0.29) is 46.8 Å². The van der Waals surface area contributed by atoms with Crippen molar-refractivity contribution in [3.63, 3.8) is 0 Å². The normalized spacial score (nSPS) is 55.5. The summed E-state index contributed by atoms with van der Waals surface area (Å²) in [6.45, 7) is 17.2. The number of esters is 1. The Labute approximate surface area is 450 Å². The van der Waals surface area contributed by atoms with Crippen molar-refractivity contribution in [3.8, 4) is 0 Å². The lowest BCUT2D eigenvalue weighted by Gasteiger charge is -2.73. The molecule has 9 fully saturated rings. The van der Waals surface area contributed by atoms with Crippen molar-refractivity contribution < 1.29 is 109 Å². The third kappa shape index (κ3) is 9.62. The molecule has 22 heteroatoms. The number of aliphatic hydroxyl groups excluding tert-OH is 14. The number of rotatable bonds is 12. The molecule has 22 nitrogen and oxygen atoms in total. The molecule has 0 aromatic heterocycles. The molecule has 0 aromatic carbocycles. The molecule has 14 N–H and O–H groups in total. The van der Waals surface area contributed by atoms with Crippen LogP contribution in [0.25, 0.3) is 0 Å². The molecule has 6 saturated carbocycles. The van der Waals surface area contributed by atoms with E-state index in [1.165, 1.54) is 0 Å². The molecule has 6 aliphatic carbocycles. The minimum Gasteiger partial charge on any atom is -0.432 e. The molecule has 0 spiro atoms. The highest BCUT2D eigenvalue weighted by molar-refractivity contribution is 5.78. The van der Waals surface area contributed by atoms with Crippen molar-refractivity contribution in [1.29, 1.82) is 0 Å². The van der Waals surface area contributed by atoms with Gasteiger partial charge in [0.1, 0.15) is 85.5 Å². The van der Waals surface area contributed by atoms with Gasteiger partial charge in [-0.2, -0.15) is 0 Å². The van der Waals surface area contributed by atoms with Gasteiger partial charge in [0, 0.05) is 0 Å². The number of aliphatic hydroxyl groups is 14. The fourth-order valence-corrected chi connectivity index (χ4v) is 17.8. The number of hydrogen-bond donors (Lipinski definition) is 14. The first kappa shape index (κ1) is 60.0. The Morgan fingerprint density at radius 1 is 0.597 bits per heavy atom. The second-order valence-electron chi connectivity index (χ2n) is 26.5. The summed E-state index contributed by atoms with van der Waals surface area (Å²) in [4.78, 5) is 15.2. The van der Waals surface area contributed by atoms with Gasteiger partial charge in [-0.3, -0.25) is 4.79 Å². The first-order valence-electron chi connectivity index (χ1n) is 28.2. The van der Waals surface area contributed by atoms with Crippen LogP contribution in [0.5, 0.6) is 0 Å². The smallest absolute Gasteiger partial charge is 0.314 e. The Morgan fingerprint density at radius 2 is 1.19 bits per heavy atom. The van der Waals surface area contributed by atoms with Crippen LogP contribution in [0, 0.1) is 62.6 Å². The predicted molar refractivity (Wildman–Crippen MR) is 266 cm³/mol. The zero-order valence-corrected chi connectivity index (χ0v) is 45.5. The first-order chi connectivity index (χ1) is 36.0. The standard InChI is InChI=1S/C55H90O22/c1-22(2)24-9-14-55(50(70)77-49-43(68)40(65)37(62)30(75-49)21-71-47-44(69)41(66)45(29(20-57)74-47)72-27-17-23(3)34(59)38(63)35(27)60)16-15-53(7)25(33(24)55)18-26(58)46-52(6)12-11-32(51(4,5)31(52)10-13-54(46,53)8)76-48-42(67)39(64)36(61)28(19-56)73-48/h23-49,56-69H,1,9-21H2,2-8H3/t23-,24+,25-,26-,27-,28-,29-,30-,31+,32-,33-,34+,35+,36-,37-,38-,39+,40+,41-,42-,43-,44-,45-,46-,47-,48+,49+,52+,53-,54-,55+/m1/s1. The van der Waals surface area contributed by atoms with Gasteiger partial charge < -0.3 is 105 Å². The summed E-state index contributed by atoms with van der Waals surface area (Å²) in [5.41, 5.74) is -1.86. The summed E-state index contributed by atoms with van der Waals surface area (Å²) in [7, 11) is 0. The second kappa shape index (κ2) is 21.9. The maximum atomic E-state index is 15.2. The van der Waals surface area contributed by atoms with Gasteiger partial charge in [0.05, 0.1) is 49.7 Å². The zero-order valence-electron chi connectivity index (χ0n) is 45.5. The lowest BCUT2D eigenvalue weighted by molar-refractivity contribution is -0.338. The molecule has 0 unspecified atom stereocenters. The molecule has 9 aliphatic rings. The third-order valence-corrected chi connectivity index (χ3v) is 22.2. The molecule has 3 aliphatic heterocycles. The molecule has 0 aromatic rings. The van der Waals surface area contributed by atoms with Crippen LogP contribution in [0.1, 0.15) is 113 Å². The highest BCUT2D eigenvalue weighted by atomic mass is 16.7. The number of carbonyl (C=O) groups excluding carboxylic acids is 1. The van der Waals surface area contributed by atoms with E-state index in [9.17, 15) is 71.5 Å². The van der Waals surface area contributed by atoms with E-state index in [0.717, 1.165) is 18.4 Å². The maximum Gasteiger partial charge on any atom is 0.314 e. The Kier molecular flexibility index (Phi) is 17.0. The maximum absolute atomic E-state index is 15.2. The molecular weight excluding hydrogens is 1010 g/mol. The van der Waals surface area contributed by atoms with Crippen molar-refractivity contribution in [2.45, 2.75) is 241 Å². The lowest BCUT2D eigenvalue weighted by atomic mass is 9.31. The van der Waals surface area contributed by atoms with Crippen molar-refractivity contribution in [2.75, 3.05) is 19.8 Å². The molecule has 3 heterocycles. The quantitative estimate of drug-likeness (QED) is 0.0600. The Morgan fingerprint density at radius 3 is 1.84 bits per heavy atom. The molecule has 77 heavy (non-hydrogen) atoms. The van der Waals surface area contributed by atoms with E-state index in [2.05, 4.69) is 41.2 Å². The summed E-state index contributed by atoms with van der Waals surface area (Å²) in [5, 5.41) is 152. The molecule has 3 saturated heterocycles. The minimum absolute atomic E-state index is 0.0554. The average Bonchev–Trinajstić information content (AvgIpc) is 4.02. The summed E-state index contributed by atoms with van der Waals surface area (Å²) >= 11 is 0. The van der Waals surface area contributed by atoms with Crippen LogP contribution < -0.4 is 0 Å². The monoisotopic (exact) mass is 1100 g/mol. The molecule has 9 rings (SSSR count). The van der Waals surface area contributed by atoms with E-state index in [1.807, 2.05) is 6.92 Å². The highest BCUT2D eigenvalue weighted by Gasteiger charge is 2.74. The molecule has 0 bridgehead atoms. The molecule has 442 valence electrons. The van der Waals surface area contributed by atoms with Gasteiger partial charge in [0.25, 0.3) is 0 Å². The molecule has 0 radical (unpaired) electrons.